The first-order valence-electron chi connectivity index (χ1n) is 13.9. The molecular formula is C33H40O5S. The molecule has 1 aliphatic heterocycles. The molecule has 1 heterocycles. The molecule has 0 amide bonds. The predicted octanol–water partition coefficient (Wildman–Crippen LogP) is 8.39. The van der Waals surface area contributed by atoms with Crippen LogP contribution in [0, 0.1) is 5.92 Å². The van der Waals surface area contributed by atoms with Gasteiger partial charge in [-0.1, -0.05) is 56.3 Å². The highest BCUT2D eigenvalue weighted by Gasteiger charge is 2.36. The van der Waals surface area contributed by atoms with Gasteiger partial charge in [0.25, 0.3) is 0 Å². The van der Waals surface area contributed by atoms with Gasteiger partial charge in [-0.15, -0.1) is 0 Å². The van der Waals surface area contributed by atoms with Crippen molar-refractivity contribution in [1.29, 1.82) is 0 Å². The van der Waals surface area contributed by atoms with Crippen LogP contribution < -0.4 is 14.2 Å². The number of hydrogen-bond acceptors (Lipinski definition) is 6. The van der Waals surface area contributed by atoms with Crippen LogP contribution in [0.15, 0.2) is 66.7 Å². The van der Waals surface area contributed by atoms with Crippen LogP contribution in [0.3, 0.4) is 0 Å². The van der Waals surface area contributed by atoms with Crippen LogP contribution in [0.2, 0.25) is 0 Å². The van der Waals surface area contributed by atoms with Crippen molar-refractivity contribution in [2.24, 2.45) is 5.92 Å². The second kappa shape index (κ2) is 14.2. The minimum Gasteiger partial charge on any atom is -0.497 e. The molecule has 0 spiro atoms. The third-order valence-electron chi connectivity index (χ3n) is 7.06. The smallest absolute Gasteiger partial charge is 0.190 e. The molecule has 1 saturated heterocycles. The Hall–Kier alpha value is -3.25. The minimum absolute atomic E-state index is 0. The minimum atomic E-state index is -0.357. The third kappa shape index (κ3) is 7.89. The van der Waals surface area contributed by atoms with Crippen molar-refractivity contribution < 1.29 is 25.2 Å². The first-order valence-corrected chi connectivity index (χ1v) is 14.8. The van der Waals surface area contributed by atoms with E-state index in [1.807, 2.05) is 55.5 Å². The molecule has 4 rings (SSSR count). The largest absolute Gasteiger partial charge is 0.497 e. The standard InChI is InChI=1S/C33H38O5S.H2/c1-4-8-26-21-29(38-28-16-14-27(36-3)15-17-28)18-19-30(26)37-20-7-6-9-23-10-12-25(13-11-23)33-32(35)24(5-2)22-31(34)39-33;/h10-19,21,24,33H,4-9,20,22H2,1-3H3;1H. The summed E-state index contributed by atoms with van der Waals surface area (Å²) in [7, 11) is 1.65. The Morgan fingerprint density at radius 2 is 1.59 bits per heavy atom. The Bertz CT molecular complexity index is 1240. The van der Waals surface area contributed by atoms with E-state index in [0.717, 1.165) is 72.6 Å². The highest BCUT2D eigenvalue weighted by Crippen LogP contribution is 2.40. The molecule has 6 heteroatoms. The van der Waals surface area contributed by atoms with Crippen LogP contribution in [-0.2, 0) is 22.4 Å². The average Bonchev–Trinajstić information content (AvgIpc) is 2.96. The summed E-state index contributed by atoms with van der Waals surface area (Å²) in [5.74, 6) is 3.32. The van der Waals surface area contributed by atoms with Gasteiger partial charge in [-0.25, -0.2) is 0 Å². The lowest BCUT2D eigenvalue weighted by Crippen LogP contribution is -2.27. The summed E-state index contributed by atoms with van der Waals surface area (Å²) in [6.07, 6.45) is 5.95. The molecule has 0 radical (unpaired) electrons. The van der Waals surface area contributed by atoms with Gasteiger partial charge < -0.3 is 14.2 Å². The van der Waals surface area contributed by atoms with Crippen molar-refractivity contribution in [2.45, 2.75) is 64.0 Å². The zero-order valence-electron chi connectivity index (χ0n) is 23.1. The van der Waals surface area contributed by atoms with E-state index < -0.39 is 0 Å². The number of hydrogen-bond donors (Lipinski definition) is 0. The van der Waals surface area contributed by atoms with E-state index in [-0.39, 0.29) is 23.5 Å². The number of Topliss-reactive ketones (excluding diaryl/α,β-unsaturated/α-hetero) is 1. The van der Waals surface area contributed by atoms with Gasteiger partial charge in [0.2, 0.25) is 0 Å². The average molecular weight is 549 g/mol. The molecule has 2 unspecified atom stereocenters. The highest BCUT2D eigenvalue weighted by molar-refractivity contribution is 8.14. The van der Waals surface area contributed by atoms with Crippen molar-refractivity contribution in [3.63, 3.8) is 0 Å². The summed E-state index contributed by atoms with van der Waals surface area (Å²) in [4.78, 5) is 24.8. The van der Waals surface area contributed by atoms with Gasteiger partial charge in [0.1, 0.15) is 23.0 Å². The SMILES string of the molecule is CCCc1cc(Oc2ccc(OC)cc2)ccc1OCCCCc1ccc(C2SC(=O)CC(CC)C2=O)cc1.[HH]. The molecule has 39 heavy (non-hydrogen) atoms. The van der Waals surface area contributed by atoms with Gasteiger partial charge in [0, 0.05) is 13.8 Å². The van der Waals surface area contributed by atoms with Crippen molar-refractivity contribution in [1.82, 2.24) is 0 Å². The summed E-state index contributed by atoms with van der Waals surface area (Å²) < 4.78 is 17.4. The monoisotopic (exact) mass is 548 g/mol. The molecule has 3 aromatic carbocycles. The Kier molecular flexibility index (Phi) is 10.5. The van der Waals surface area contributed by atoms with Gasteiger partial charge in [0.15, 0.2) is 10.9 Å². The fourth-order valence-corrected chi connectivity index (χ4v) is 5.97. The number of unbranched alkanes of at least 4 members (excludes halogenated alkanes) is 1. The molecule has 1 fully saturated rings. The number of methoxy groups -OCH3 is 1. The lowest BCUT2D eigenvalue weighted by Gasteiger charge is -2.25. The molecule has 3 aromatic rings. The number of ether oxygens (including phenoxy) is 3. The van der Waals surface area contributed by atoms with E-state index in [4.69, 9.17) is 14.2 Å². The number of carbonyl (C=O) groups excluding carboxylic acids is 2. The van der Waals surface area contributed by atoms with Gasteiger partial charge in [-0.3, -0.25) is 9.59 Å². The van der Waals surface area contributed by atoms with Crippen molar-refractivity contribution in [3.8, 4) is 23.0 Å². The van der Waals surface area contributed by atoms with Crippen LogP contribution >= 0.6 is 11.8 Å². The van der Waals surface area contributed by atoms with Crippen LogP contribution in [0.5, 0.6) is 23.0 Å². The Balaban J connectivity index is 0.00000441. The second-order valence-corrected chi connectivity index (χ2v) is 11.1. The first kappa shape index (κ1) is 28.8. The number of thioether (sulfide) groups is 1. The van der Waals surface area contributed by atoms with Gasteiger partial charge in [0.05, 0.1) is 19.0 Å². The van der Waals surface area contributed by atoms with E-state index in [2.05, 4.69) is 25.1 Å². The van der Waals surface area contributed by atoms with Gasteiger partial charge in [-0.05, 0) is 91.3 Å². The van der Waals surface area contributed by atoms with Crippen LogP contribution in [0.4, 0.5) is 0 Å². The molecule has 5 nitrogen and oxygen atoms in total. The van der Waals surface area contributed by atoms with Gasteiger partial charge in [-0.2, -0.15) is 0 Å². The number of benzene rings is 3. The summed E-state index contributed by atoms with van der Waals surface area (Å²) in [5, 5.41) is -0.235. The van der Waals surface area contributed by atoms with Crippen molar-refractivity contribution >= 4 is 22.7 Å². The zero-order valence-corrected chi connectivity index (χ0v) is 23.9. The van der Waals surface area contributed by atoms with Crippen LogP contribution in [0.1, 0.15) is 69.3 Å². The molecule has 0 aromatic heterocycles. The molecule has 0 N–H and O–H groups in total. The second-order valence-electron chi connectivity index (χ2n) is 9.93. The third-order valence-corrected chi connectivity index (χ3v) is 8.23. The maximum absolute atomic E-state index is 12.7. The van der Waals surface area contributed by atoms with E-state index in [9.17, 15) is 9.59 Å². The number of ketones is 1. The maximum Gasteiger partial charge on any atom is 0.190 e. The number of aryl methyl sites for hydroxylation is 2. The van der Waals surface area contributed by atoms with E-state index in [1.54, 1.807) is 7.11 Å². The number of rotatable bonds is 13. The van der Waals surface area contributed by atoms with E-state index in [0.29, 0.717) is 13.0 Å². The lowest BCUT2D eigenvalue weighted by atomic mass is 9.91. The number of carbonyl (C=O) groups is 2. The Morgan fingerprint density at radius 3 is 2.28 bits per heavy atom. The Morgan fingerprint density at radius 1 is 0.872 bits per heavy atom. The van der Waals surface area contributed by atoms with Crippen LogP contribution in [0.25, 0.3) is 0 Å². The first-order chi connectivity index (χ1) is 19.0. The lowest BCUT2D eigenvalue weighted by molar-refractivity contribution is -0.126. The van der Waals surface area contributed by atoms with Crippen molar-refractivity contribution in [2.75, 3.05) is 13.7 Å². The molecule has 0 aliphatic carbocycles. The summed E-state index contributed by atoms with van der Waals surface area (Å²) in [6, 6.07) is 21.8. The molecule has 0 saturated carbocycles. The molecular weight excluding hydrogens is 508 g/mol. The molecule has 0 bridgehead atoms. The summed E-state index contributed by atoms with van der Waals surface area (Å²) >= 11 is 1.18. The van der Waals surface area contributed by atoms with Gasteiger partial charge >= 0.3 is 0 Å². The van der Waals surface area contributed by atoms with Crippen LogP contribution in [-0.4, -0.2) is 24.6 Å². The quantitative estimate of drug-likeness (QED) is 0.200. The topological polar surface area (TPSA) is 61.8 Å². The molecule has 1 aliphatic rings. The fourth-order valence-electron chi connectivity index (χ4n) is 4.81. The normalized spacial score (nSPS) is 17.2. The zero-order chi connectivity index (χ0) is 27.6. The predicted molar refractivity (Wildman–Crippen MR) is 159 cm³/mol. The van der Waals surface area contributed by atoms with Crippen molar-refractivity contribution in [3.05, 3.63) is 83.4 Å². The summed E-state index contributed by atoms with van der Waals surface area (Å²) in [5.41, 5.74) is 3.32. The fraction of sp³-hybridized carbons (Fsp3) is 0.394. The molecule has 208 valence electrons. The van der Waals surface area contributed by atoms with E-state index in [1.165, 1.54) is 17.3 Å². The highest BCUT2D eigenvalue weighted by atomic mass is 32.2. The Labute approximate surface area is 237 Å². The maximum atomic E-state index is 12.7. The molecule has 2 atom stereocenters. The summed E-state index contributed by atoms with van der Waals surface area (Å²) in [6.45, 7) is 4.80. The van der Waals surface area contributed by atoms with E-state index >= 15 is 0 Å².